The van der Waals surface area contributed by atoms with Crippen LogP contribution in [0.3, 0.4) is 0 Å². The third-order valence-corrected chi connectivity index (χ3v) is 4.62. The molecule has 2 aromatic carbocycles. The second-order valence-corrected chi connectivity index (χ2v) is 6.76. The molecule has 0 radical (unpaired) electrons. The van der Waals surface area contributed by atoms with Gasteiger partial charge in [0.25, 0.3) is 0 Å². The molecule has 0 aliphatic rings. The standard InChI is InChI=1S/C18H20ClN3O2S/c1-22(10-11-23)16-6-2-14(3-7-16)12-20-21-18(24)13-25-17-8-4-15(19)5-9-17/h2-9,12,23H,10-11,13H2,1H3,(H,21,24)/b20-12-. The first-order valence-electron chi connectivity index (χ1n) is 7.71. The molecule has 0 heterocycles. The molecule has 0 saturated heterocycles. The van der Waals surface area contributed by atoms with Gasteiger partial charge < -0.3 is 10.0 Å². The smallest absolute Gasteiger partial charge is 0.250 e. The van der Waals surface area contributed by atoms with E-state index in [1.54, 1.807) is 18.3 Å². The lowest BCUT2D eigenvalue weighted by Crippen LogP contribution is -2.21. The summed E-state index contributed by atoms with van der Waals surface area (Å²) in [5, 5.41) is 13.6. The van der Waals surface area contributed by atoms with E-state index < -0.39 is 0 Å². The Morgan fingerprint density at radius 2 is 1.92 bits per heavy atom. The minimum Gasteiger partial charge on any atom is -0.395 e. The second-order valence-electron chi connectivity index (χ2n) is 5.27. The van der Waals surface area contributed by atoms with Gasteiger partial charge >= 0.3 is 0 Å². The summed E-state index contributed by atoms with van der Waals surface area (Å²) < 4.78 is 0. The lowest BCUT2D eigenvalue weighted by Gasteiger charge is -2.17. The SMILES string of the molecule is CN(CCO)c1ccc(/C=N\NC(=O)CSc2ccc(Cl)cc2)cc1. The summed E-state index contributed by atoms with van der Waals surface area (Å²) in [4.78, 5) is 14.7. The van der Waals surface area contributed by atoms with Crippen molar-refractivity contribution in [2.75, 3.05) is 30.9 Å². The molecule has 0 fully saturated rings. The summed E-state index contributed by atoms with van der Waals surface area (Å²) in [6, 6.07) is 15.0. The highest BCUT2D eigenvalue weighted by atomic mass is 35.5. The van der Waals surface area contributed by atoms with Crippen LogP contribution in [0.15, 0.2) is 58.5 Å². The van der Waals surface area contributed by atoms with Crippen LogP contribution in [0, 0.1) is 0 Å². The quantitative estimate of drug-likeness (QED) is 0.421. The number of anilines is 1. The number of carbonyl (C=O) groups is 1. The van der Waals surface area contributed by atoms with Crippen LogP contribution in [0.5, 0.6) is 0 Å². The minimum atomic E-state index is -0.171. The molecule has 0 bridgehead atoms. The van der Waals surface area contributed by atoms with E-state index in [-0.39, 0.29) is 18.3 Å². The molecule has 2 aromatic rings. The van der Waals surface area contributed by atoms with Crippen molar-refractivity contribution in [3.05, 3.63) is 59.1 Å². The Kier molecular flexibility index (Phi) is 7.78. The first-order chi connectivity index (χ1) is 12.1. The number of aliphatic hydroxyl groups is 1. The van der Waals surface area contributed by atoms with Crippen LogP contribution >= 0.6 is 23.4 Å². The van der Waals surface area contributed by atoms with Crippen molar-refractivity contribution in [3.63, 3.8) is 0 Å². The molecule has 2 N–H and O–H groups in total. The number of hydrogen-bond acceptors (Lipinski definition) is 5. The Labute approximate surface area is 156 Å². The first kappa shape index (κ1) is 19.3. The lowest BCUT2D eigenvalue weighted by molar-refractivity contribution is -0.118. The normalized spacial score (nSPS) is 10.8. The van der Waals surface area contributed by atoms with Crippen molar-refractivity contribution < 1.29 is 9.90 Å². The van der Waals surface area contributed by atoms with Gasteiger partial charge in [0.2, 0.25) is 5.91 Å². The Morgan fingerprint density at radius 3 is 2.56 bits per heavy atom. The molecule has 0 atom stereocenters. The van der Waals surface area contributed by atoms with Gasteiger partial charge in [0.05, 0.1) is 18.6 Å². The van der Waals surface area contributed by atoms with Gasteiger partial charge in [0, 0.05) is 29.2 Å². The van der Waals surface area contributed by atoms with E-state index >= 15 is 0 Å². The van der Waals surface area contributed by atoms with Crippen molar-refractivity contribution in [1.82, 2.24) is 5.43 Å². The van der Waals surface area contributed by atoms with Crippen LogP contribution < -0.4 is 10.3 Å². The number of nitrogens with zero attached hydrogens (tertiary/aromatic N) is 2. The molecular weight excluding hydrogens is 358 g/mol. The largest absolute Gasteiger partial charge is 0.395 e. The number of benzene rings is 2. The summed E-state index contributed by atoms with van der Waals surface area (Å²) in [6.45, 7) is 0.689. The maximum atomic E-state index is 11.8. The molecule has 7 heteroatoms. The van der Waals surface area contributed by atoms with Gasteiger partial charge in [-0.15, -0.1) is 11.8 Å². The fourth-order valence-electron chi connectivity index (χ4n) is 1.98. The van der Waals surface area contributed by atoms with Crippen molar-refractivity contribution in [2.45, 2.75) is 4.90 Å². The number of aliphatic hydroxyl groups excluding tert-OH is 1. The van der Waals surface area contributed by atoms with E-state index in [1.165, 1.54) is 11.8 Å². The highest BCUT2D eigenvalue weighted by Crippen LogP contribution is 2.19. The molecule has 0 aromatic heterocycles. The van der Waals surface area contributed by atoms with Crippen LogP contribution in [-0.4, -0.2) is 43.2 Å². The van der Waals surface area contributed by atoms with Crippen LogP contribution in [0.2, 0.25) is 5.02 Å². The monoisotopic (exact) mass is 377 g/mol. The van der Waals surface area contributed by atoms with E-state index in [9.17, 15) is 4.79 Å². The van der Waals surface area contributed by atoms with Crippen molar-refractivity contribution >= 4 is 41.2 Å². The molecule has 0 saturated carbocycles. The van der Waals surface area contributed by atoms with Gasteiger partial charge in [-0.25, -0.2) is 5.43 Å². The third-order valence-electron chi connectivity index (χ3n) is 3.36. The van der Waals surface area contributed by atoms with Crippen molar-refractivity contribution in [3.8, 4) is 0 Å². The molecule has 0 spiro atoms. The molecule has 1 amide bonds. The zero-order valence-electron chi connectivity index (χ0n) is 13.9. The fourth-order valence-corrected chi connectivity index (χ4v) is 2.80. The number of carbonyl (C=O) groups excluding carboxylic acids is 1. The van der Waals surface area contributed by atoms with Gasteiger partial charge in [-0.2, -0.15) is 5.10 Å². The summed E-state index contributed by atoms with van der Waals surface area (Å²) in [5.74, 6) is 0.111. The van der Waals surface area contributed by atoms with Gasteiger partial charge in [-0.1, -0.05) is 23.7 Å². The maximum Gasteiger partial charge on any atom is 0.250 e. The third kappa shape index (κ3) is 6.78. The molecule has 2 rings (SSSR count). The van der Waals surface area contributed by atoms with Crippen LogP contribution in [-0.2, 0) is 4.79 Å². The molecule has 132 valence electrons. The molecular formula is C18H20ClN3O2S. The molecule has 5 nitrogen and oxygen atoms in total. The number of halogens is 1. The van der Waals surface area contributed by atoms with Crippen molar-refractivity contribution in [2.24, 2.45) is 5.10 Å². The predicted octanol–water partition coefficient (Wildman–Crippen LogP) is 3.01. The number of rotatable bonds is 8. The number of thioether (sulfide) groups is 1. The second kappa shape index (κ2) is 10.1. The lowest BCUT2D eigenvalue weighted by atomic mass is 10.2. The Hall–Kier alpha value is -2.02. The topological polar surface area (TPSA) is 64.9 Å². The van der Waals surface area contributed by atoms with Crippen LogP contribution in [0.1, 0.15) is 5.56 Å². The number of likely N-dealkylation sites (N-methyl/N-ethyl adjacent to an activating group) is 1. The Bertz CT molecular complexity index is 705. The average Bonchev–Trinajstić information content (AvgIpc) is 2.62. The number of hydrazone groups is 1. The van der Waals surface area contributed by atoms with Crippen molar-refractivity contribution in [1.29, 1.82) is 0 Å². The molecule has 0 aliphatic heterocycles. The Balaban J connectivity index is 1.77. The Morgan fingerprint density at radius 1 is 1.24 bits per heavy atom. The molecule has 25 heavy (non-hydrogen) atoms. The summed E-state index contributed by atoms with van der Waals surface area (Å²) in [6.07, 6.45) is 1.60. The number of hydrogen-bond donors (Lipinski definition) is 2. The van der Waals surface area contributed by atoms with E-state index in [4.69, 9.17) is 16.7 Å². The van der Waals surface area contributed by atoms with E-state index in [0.29, 0.717) is 11.6 Å². The van der Waals surface area contributed by atoms with E-state index in [1.807, 2.05) is 48.3 Å². The first-order valence-corrected chi connectivity index (χ1v) is 9.07. The summed E-state index contributed by atoms with van der Waals surface area (Å²) in [7, 11) is 1.91. The minimum absolute atomic E-state index is 0.111. The zero-order valence-corrected chi connectivity index (χ0v) is 15.4. The van der Waals surface area contributed by atoms with Crippen LogP contribution in [0.4, 0.5) is 5.69 Å². The fraction of sp³-hybridized carbons (Fsp3) is 0.222. The molecule has 0 unspecified atom stereocenters. The maximum absolute atomic E-state index is 11.8. The highest BCUT2D eigenvalue weighted by molar-refractivity contribution is 8.00. The highest BCUT2D eigenvalue weighted by Gasteiger charge is 2.02. The molecule has 0 aliphatic carbocycles. The van der Waals surface area contributed by atoms with Crippen LogP contribution in [0.25, 0.3) is 0 Å². The summed E-state index contributed by atoms with van der Waals surface area (Å²) >= 11 is 7.25. The predicted molar refractivity (Wildman–Crippen MR) is 105 cm³/mol. The van der Waals surface area contributed by atoms with E-state index in [2.05, 4.69) is 10.5 Å². The number of nitrogens with one attached hydrogen (secondary N) is 1. The number of amides is 1. The van der Waals surface area contributed by atoms with Gasteiger partial charge in [-0.3, -0.25) is 4.79 Å². The van der Waals surface area contributed by atoms with Gasteiger partial charge in [-0.05, 0) is 42.0 Å². The van der Waals surface area contributed by atoms with Gasteiger partial charge in [0.1, 0.15) is 0 Å². The van der Waals surface area contributed by atoms with E-state index in [0.717, 1.165) is 16.1 Å². The summed E-state index contributed by atoms with van der Waals surface area (Å²) in [5.41, 5.74) is 4.40. The van der Waals surface area contributed by atoms with Gasteiger partial charge in [0.15, 0.2) is 0 Å². The zero-order chi connectivity index (χ0) is 18.1. The average molecular weight is 378 g/mol.